The Balaban J connectivity index is 0.000000561. The molecule has 0 radical (unpaired) electrons. The molecule has 8 heteroatoms. The van der Waals surface area contributed by atoms with Crippen molar-refractivity contribution >= 4 is 23.9 Å². The first-order chi connectivity index (χ1) is 11.2. The molecule has 8 nitrogen and oxygen atoms in total. The van der Waals surface area contributed by atoms with Gasteiger partial charge in [0.05, 0.1) is 0 Å². The van der Waals surface area contributed by atoms with Gasteiger partial charge in [-0.05, 0) is 32.1 Å². The van der Waals surface area contributed by atoms with Crippen molar-refractivity contribution in [3.63, 3.8) is 0 Å². The second-order valence-electron chi connectivity index (χ2n) is 5.20. The van der Waals surface area contributed by atoms with E-state index in [0.717, 1.165) is 44.3 Å². The number of aliphatic carboxylic acids is 3. The summed E-state index contributed by atoms with van der Waals surface area (Å²) in [6.45, 7) is 2.00. The average molecular weight is 342 g/mol. The van der Waals surface area contributed by atoms with Crippen LogP contribution in [0.5, 0.6) is 0 Å². The molecule has 1 fully saturated rings. The molecule has 0 aromatic heterocycles. The van der Waals surface area contributed by atoms with E-state index in [4.69, 9.17) is 20.1 Å². The lowest BCUT2D eigenvalue weighted by Gasteiger charge is -2.35. The van der Waals surface area contributed by atoms with E-state index in [2.05, 4.69) is 0 Å². The molecule has 0 spiro atoms. The maximum atomic E-state index is 11.4. The third-order valence-electron chi connectivity index (χ3n) is 3.46. The van der Waals surface area contributed by atoms with Crippen molar-refractivity contribution in [3.8, 4) is 0 Å². The van der Waals surface area contributed by atoms with Crippen LogP contribution in [0.15, 0.2) is 24.3 Å². The first kappa shape index (κ1) is 21.4. The van der Waals surface area contributed by atoms with Crippen molar-refractivity contribution in [2.24, 2.45) is 0 Å². The van der Waals surface area contributed by atoms with E-state index >= 15 is 0 Å². The normalized spacial score (nSPS) is 16.2. The molecule has 24 heavy (non-hydrogen) atoms. The Labute approximate surface area is 139 Å². The Kier molecular flexibility index (Phi) is 9.77. The smallest absolute Gasteiger partial charge is 0.331 e. The molecule has 0 atom stereocenters. The van der Waals surface area contributed by atoms with Gasteiger partial charge in [0.15, 0.2) is 0 Å². The van der Waals surface area contributed by atoms with Gasteiger partial charge in [0, 0.05) is 24.3 Å². The van der Waals surface area contributed by atoms with E-state index in [1.807, 2.05) is 6.92 Å². The fourth-order valence-electron chi connectivity index (χ4n) is 2.25. The van der Waals surface area contributed by atoms with Crippen molar-refractivity contribution in [1.29, 1.82) is 0 Å². The molecular weight excluding hydrogens is 320 g/mol. The van der Waals surface area contributed by atoms with E-state index in [-0.39, 0.29) is 5.60 Å². The molecule has 1 aliphatic carbocycles. The minimum Gasteiger partial charge on any atom is -0.478 e. The number of carbonyl (C=O) groups is 4. The molecular formula is C16H22O8. The highest BCUT2D eigenvalue weighted by Gasteiger charge is 2.33. The zero-order valence-corrected chi connectivity index (χ0v) is 13.4. The van der Waals surface area contributed by atoms with Crippen LogP contribution in [0.3, 0.4) is 0 Å². The predicted octanol–water partition coefficient (Wildman–Crippen LogP) is 2.00. The van der Waals surface area contributed by atoms with Crippen molar-refractivity contribution < 1.29 is 39.2 Å². The number of carboxylic acids is 3. The molecule has 0 aromatic rings. The fourth-order valence-corrected chi connectivity index (χ4v) is 2.25. The van der Waals surface area contributed by atoms with Crippen molar-refractivity contribution in [2.75, 3.05) is 0 Å². The van der Waals surface area contributed by atoms with Gasteiger partial charge in [-0.25, -0.2) is 19.2 Å². The molecule has 0 bridgehead atoms. The Morgan fingerprint density at radius 1 is 0.833 bits per heavy atom. The minimum atomic E-state index is -1.26. The number of ether oxygens (including phenoxy) is 1. The van der Waals surface area contributed by atoms with Crippen LogP contribution < -0.4 is 0 Å². The summed E-state index contributed by atoms with van der Waals surface area (Å²) >= 11 is 0. The lowest BCUT2D eigenvalue weighted by atomic mass is 9.83. The number of hydrogen-bond acceptors (Lipinski definition) is 5. The zero-order valence-electron chi connectivity index (χ0n) is 13.4. The van der Waals surface area contributed by atoms with E-state index in [9.17, 15) is 19.2 Å². The summed E-state index contributed by atoms with van der Waals surface area (Å²) in [7, 11) is 0. The Morgan fingerprint density at radius 3 is 1.62 bits per heavy atom. The van der Waals surface area contributed by atoms with Gasteiger partial charge in [0.2, 0.25) is 0 Å². The van der Waals surface area contributed by atoms with Crippen LogP contribution in [-0.2, 0) is 23.9 Å². The van der Waals surface area contributed by atoms with Gasteiger partial charge in [-0.2, -0.15) is 0 Å². The van der Waals surface area contributed by atoms with E-state index in [1.165, 1.54) is 6.42 Å². The number of carboxylic acid groups (broad SMARTS) is 3. The van der Waals surface area contributed by atoms with Gasteiger partial charge >= 0.3 is 23.9 Å². The predicted molar refractivity (Wildman–Crippen MR) is 83.4 cm³/mol. The molecule has 0 amide bonds. The van der Waals surface area contributed by atoms with E-state index in [1.54, 1.807) is 0 Å². The largest absolute Gasteiger partial charge is 0.478 e. The van der Waals surface area contributed by atoms with Crippen molar-refractivity contribution in [2.45, 2.75) is 51.0 Å². The quantitative estimate of drug-likeness (QED) is 0.492. The minimum absolute atomic E-state index is 0.363. The third kappa shape index (κ3) is 10.1. The Morgan fingerprint density at radius 2 is 1.25 bits per heavy atom. The lowest BCUT2D eigenvalue weighted by molar-refractivity contribution is -0.157. The maximum absolute atomic E-state index is 11.4. The number of hydrogen-bond donors (Lipinski definition) is 3. The van der Waals surface area contributed by atoms with Gasteiger partial charge in [0.1, 0.15) is 5.60 Å². The summed E-state index contributed by atoms with van der Waals surface area (Å²) in [6, 6.07) is 0. The number of esters is 1. The van der Waals surface area contributed by atoms with Crippen LogP contribution in [0.4, 0.5) is 0 Å². The SMILES string of the molecule is CCC1(OC(=O)/C=C/C(=O)O)CCCCC1.O=C(O)/C=C/C(=O)O. The first-order valence-electron chi connectivity index (χ1n) is 7.48. The highest BCUT2D eigenvalue weighted by atomic mass is 16.6. The van der Waals surface area contributed by atoms with Crippen molar-refractivity contribution in [1.82, 2.24) is 0 Å². The Bertz CT molecular complexity index is 496. The molecule has 1 saturated carbocycles. The summed E-state index contributed by atoms with van der Waals surface area (Å²) in [5, 5.41) is 24.0. The molecule has 1 aliphatic rings. The zero-order chi connectivity index (χ0) is 18.6. The third-order valence-corrected chi connectivity index (χ3v) is 3.46. The summed E-state index contributed by atoms with van der Waals surface area (Å²) in [6.07, 6.45) is 8.80. The maximum Gasteiger partial charge on any atom is 0.331 e. The first-order valence-corrected chi connectivity index (χ1v) is 7.48. The second-order valence-corrected chi connectivity index (χ2v) is 5.20. The summed E-state index contributed by atoms with van der Waals surface area (Å²) in [4.78, 5) is 40.8. The molecule has 1 rings (SSSR count). The summed E-state index contributed by atoms with van der Waals surface area (Å²) in [5.74, 6) is -4.20. The molecule has 0 aliphatic heterocycles. The highest BCUT2D eigenvalue weighted by molar-refractivity contribution is 5.91. The van der Waals surface area contributed by atoms with Gasteiger partial charge in [-0.1, -0.05) is 13.3 Å². The molecule has 0 heterocycles. The fraction of sp³-hybridized carbons (Fsp3) is 0.500. The topological polar surface area (TPSA) is 138 Å². The highest BCUT2D eigenvalue weighted by Crippen LogP contribution is 2.34. The second kappa shape index (κ2) is 11.0. The van der Waals surface area contributed by atoms with Gasteiger partial charge < -0.3 is 20.1 Å². The van der Waals surface area contributed by atoms with Gasteiger partial charge in [-0.3, -0.25) is 0 Å². The summed E-state index contributed by atoms with van der Waals surface area (Å²) < 4.78 is 5.39. The van der Waals surface area contributed by atoms with Crippen LogP contribution in [-0.4, -0.2) is 44.8 Å². The van der Waals surface area contributed by atoms with Crippen molar-refractivity contribution in [3.05, 3.63) is 24.3 Å². The Hall–Kier alpha value is -2.64. The van der Waals surface area contributed by atoms with E-state index < -0.39 is 23.9 Å². The molecule has 134 valence electrons. The van der Waals surface area contributed by atoms with Crippen LogP contribution in [0, 0.1) is 0 Å². The summed E-state index contributed by atoms with van der Waals surface area (Å²) in [5.41, 5.74) is -0.363. The molecule has 0 saturated heterocycles. The van der Waals surface area contributed by atoms with Gasteiger partial charge in [0.25, 0.3) is 0 Å². The van der Waals surface area contributed by atoms with Crippen LogP contribution in [0.2, 0.25) is 0 Å². The van der Waals surface area contributed by atoms with Crippen LogP contribution in [0.25, 0.3) is 0 Å². The van der Waals surface area contributed by atoms with Crippen LogP contribution in [0.1, 0.15) is 45.4 Å². The number of carbonyl (C=O) groups excluding carboxylic acids is 1. The molecule has 0 unspecified atom stereocenters. The average Bonchev–Trinajstić information content (AvgIpc) is 2.52. The molecule has 3 N–H and O–H groups in total. The van der Waals surface area contributed by atoms with Crippen LogP contribution >= 0.6 is 0 Å². The standard InChI is InChI=1S/C12H18O4.C4H4O4/c1-2-12(8-4-3-5-9-12)16-11(15)7-6-10(13)14;5-3(6)1-2-4(7)8/h6-7H,2-5,8-9H2,1H3,(H,13,14);1-2H,(H,5,6)(H,7,8)/b7-6+;2-1+. The lowest BCUT2D eigenvalue weighted by Crippen LogP contribution is -2.36. The number of rotatable bonds is 6. The van der Waals surface area contributed by atoms with Gasteiger partial charge in [-0.15, -0.1) is 0 Å². The van der Waals surface area contributed by atoms with E-state index in [0.29, 0.717) is 12.2 Å². The molecule has 0 aromatic carbocycles. The monoisotopic (exact) mass is 342 g/mol.